The number of rotatable bonds is 4. The van der Waals surface area contributed by atoms with Gasteiger partial charge in [0.15, 0.2) is 0 Å². The summed E-state index contributed by atoms with van der Waals surface area (Å²) in [6.07, 6.45) is 1.81. The van der Waals surface area contributed by atoms with Crippen LogP contribution in [0.1, 0.15) is 14.9 Å². The number of anilines is 1. The lowest BCUT2D eigenvalue weighted by molar-refractivity contribution is 0.221. The maximum absolute atomic E-state index is 12.4. The van der Waals surface area contributed by atoms with E-state index in [1.165, 1.54) is 0 Å². The van der Waals surface area contributed by atoms with Crippen LogP contribution in [0.5, 0.6) is 0 Å². The molecule has 3 aromatic rings. The molecule has 0 saturated carbocycles. The molecule has 5 nitrogen and oxygen atoms in total. The lowest BCUT2D eigenvalue weighted by Crippen LogP contribution is -2.30. The van der Waals surface area contributed by atoms with Crippen molar-refractivity contribution in [2.24, 2.45) is 0 Å². The van der Waals surface area contributed by atoms with Gasteiger partial charge in [0.1, 0.15) is 0 Å². The Balaban J connectivity index is 1.67. The molecule has 124 valence electrons. The molecule has 0 aliphatic carbocycles. The second kappa shape index (κ2) is 7.11. The fraction of sp³-hybridized carbons (Fsp3) is 0.235. The first-order valence-electron chi connectivity index (χ1n) is 7.47. The Bertz CT molecular complexity index is 856. The fourth-order valence-corrected chi connectivity index (χ4v) is 3.73. The maximum atomic E-state index is 12.4. The van der Waals surface area contributed by atoms with E-state index >= 15 is 0 Å². The Kier molecular flexibility index (Phi) is 4.92. The van der Waals surface area contributed by atoms with Gasteiger partial charge in [-0.25, -0.2) is 14.8 Å². The van der Waals surface area contributed by atoms with Crippen LogP contribution in [0.4, 0.5) is 10.5 Å². The van der Waals surface area contributed by atoms with Crippen molar-refractivity contribution in [3.63, 3.8) is 0 Å². The van der Waals surface area contributed by atoms with Crippen LogP contribution in [-0.4, -0.2) is 27.9 Å². The zero-order chi connectivity index (χ0) is 17.1. The molecule has 0 radical (unpaired) electrons. The molecule has 7 heteroatoms. The van der Waals surface area contributed by atoms with Crippen LogP contribution in [0.2, 0.25) is 0 Å². The number of thiazole rings is 2. The number of amides is 2. The van der Waals surface area contributed by atoms with E-state index in [0.717, 1.165) is 31.8 Å². The molecule has 0 atom stereocenters. The van der Waals surface area contributed by atoms with E-state index in [4.69, 9.17) is 0 Å². The summed E-state index contributed by atoms with van der Waals surface area (Å²) in [6, 6.07) is 7.59. The summed E-state index contributed by atoms with van der Waals surface area (Å²) in [6.45, 7) is 4.48. The monoisotopic (exact) mass is 358 g/mol. The molecule has 0 aliphatic rings. The van der Waals surface area contributed by atoms with Gasteiger partial charge in [-0.05, 0) is 26.0 Å². The third-order valence-electron chi connectivity index (χ3n) is 3.44. The molecule has 0 fully saturated rings. The van der Waals surface area contributed by atoms with Crippen LogP contribution in [0.25, 0.3) is 11.3 Å². The lowest BCUT2D eigenvalue weighted by Gasteiger charge is -2.17. The molecule has 3 rings (SSSR count). The molecule has 2 amide bonds. The molecule has 0 aliphatic heterocycles. The van der Waals surface area contributed by atoms with E-state index in [1.807, 2.05) is 49.7 Å². The molecule has 1 aromatic carbocycles. The molecule has 0 bridgehead atoms. The first kappa shape index (κ1) is 16.6. The van der Waals surface area contributed by atoms with Crippen LogP contribution in [0, 0.1) is 13.8 Å². The Morgan fingerprint density at radius 3 is 2.79 bits per heavy atom. The van der Waals surface area contributed by atoms with Gasteiger partial charge in [0, 0.05) is 34.8 Å². The highest BCUT2D eigenvalue weighted by Crippen LogP contribution is 2.24. The molecule has 0 saturated heterocycles. The largest absolute Gasteiger partial charge is 0.322 e. The second-order valence-electron chi connectivity index (χ2n) is 5.46. The molecule has 0 spiro atoms. The average Bonchev–Trinajstić information content (AvgIpc) is 3.16. The summed E-state index contributed by atoms with van der Waals surface area (Å²) >= 11 is 3.22. The van der Waals surface area contributed by atoms with E-state index in [9.17, 15) is 4.79 Å². The van der Waals surface area contributed by atoms with Gasteiger partial charge in [0.25, 0.3) is 0 Å². The van der Waals surface area contributed by atoms with E-state index < -0.39 is 0 Å². The van der Waals surface area contributed by atoms with Gasteiger partial charge in [0.05, 0.1) is 22.3 Å². The SMILES string of the molecule is Cc1nc(-c2cccc(NC(=O)N(C)Cc3cnc(C)s3)c2)cs1. The van der Waals surface area contributed by atoms with Gasteiger partial charge in [-0.2, -0.15) is 0 Å². The number of aromatic nitrogens is 2. The van der Waals surface area contributed by atoms with Gasteiger partial charge >= 0.3 is 6.03 Å². The summed E-state index contributed by atoms with van der Waals surface area (Å²) < 4.78 is 0. The Labute approximate surface area is 149 Å². The van der Waals surface area contributed by atoms with E-state index in [1.54, 1.807) is 34.6 Å². The lowest BCUT2D eigenvalue weighted by atomic mass is 10.1. The number of carbonyl (C=O) groups is 1. The number of hydrogen-bond donors (Lipinski definition) is 1. The number of nitrogens with one attached hydrogen (secondary N) is 1. The maximum Gasteiger partial charge on any atom is 0.321 e. The summed E-state index contributed by atoms with van der Waals surface area (Å²) in [4.78, 5) is 23.8. The zero-order valence-electron chi connectivity index (χ0n) is 13.7. The molecule has 0 unspecified atom stereocenters. The number of nitrogens with zero attached hydrogens (tertiary/aromatic N) is 3. The normalized spacial score (nSPS) is 10.6. The number of hydrogen-bond acceptors (Lipinski definition) is 5. The quantitative estimate of drug-likeness (QED) is 0.744. The molecule has 2 heterocycles. The van der Waals surface area contributed by atoms with Crippen LogP contribution >= 0.6 is 22.7 Å². The van der Waals surface area contributed by atoms with E-state index in [0.29, 0.717) is 6.54 Å². The molecular weight excluding hydrogens is 340 g/mol. The summed E-state index contributed by atoms with van der Waals surface area (Å²) in [5.41, 5.74) is 2.69. The van der Waals surface area contributed by atoms with Gasteiger partial charge in [0.2, 0.25) is 0 Å². The first-order valence-corrected chi connectivity index (χ1v) is 9.17. The van der Waals surface area contributed by atoms with Crippen molar-refractivity contribution in [3.05, 3.63) is 50.7 Å². The number of benzene rings is 1. The second-order valence-corrected chi connectivity index (χ2v) is 7.85. The van der Waals surface area contributed by atoms with Crippen molar-refractivity contribution in [1.29, 1.82) is 0 Å². The minimum absolute atomic E-state index is 0.146. The Hall–Kier alpha value is -2.25. The fourth-order valence-electron chi connectivity index (χ4n) is 2.26. The average molecular weight is 358 g/mol. The molecule has 1 N–H and O–H groups in total. The van der Waals surface area contributed by atoms with Gasteiger partial charge < -0.3 is 10.2 Å². The van der Waals surface area contributed by atoms with Crippen molar-refractivity contribution in [3.8, 4) is 11.3 Å². The van der Waals surface area contributed by atoms with Crippen molar-refractivity contribution in [2.45, 2.75) is 20.4 Å². The van der Waals surface area contributed by atoms with E-state index in [-0.39, 0.29) is 6.03 Å². The Morgan fingerprint density at radius 2 is 2.12 bits per heavy atom. The van der Waals surface area contributed by atoms with Crippen LogP contribution in [-0.2, 0) is 6.54 Å². The van der Waals surface area contributed by atoms with Gasteiger partial charge in [-0.15, -0.1) is 22.7 Å². The summed E-state index contributed by atoms with van der Waals surface area (Å²) in [7, 11) is 1.78. The first-order chi connectivity index (χ1) is 11.5. The van der Waals surface area contributed by atoms with Crippen LogP contribution in [0.15, 0.2) is 35.8 Å². The minimum Gasteiger partial charge on any atom is -0.322 e. The number of carbonyl (C=O) groups excluding carboxylic acids is 1. The standard InChI is InChI=1S/C17H18N4OS2/c1-11-18-8-15(24-11)9-21(3)17(22)20-14-6-4-5-13(7-14)16-10-23-12(2)19-16/h4-8,10H,9H2,1-3H3,(H,20,22). The highest BCUT2D eigenvalue weighted by atomic mass is 32.1. The van der Waals surface area contributed by atoms with Crippen molar-refractivity contribution >= 4 is 34.4 Å². The van der Waals surface area contributed by atoms with Crippen molar-refractivity contribution in [1.82, 2.24) is 14.9 Å². The highest BCUT2D eigenvalue weighted by molar-refractivity contribution is 7.11. The highest BCUT2D eigenvalue weighted by Gasteiger charge is 2.11. The third kappa shape index (κ3) is 3.98. The molecular formula is C17H18N4OS2. The summed E-state index contributed by atoms with van der Waals surface area (Å²) in [5, 5.41) is 6.99. The minimum atomic E-state index is -0.146. The van der Waals surface area contributed by atoms with E-state index in [2.05, 4.69) is 15.3 Å². The predicted octanol–water partition coefficient (Wildman–Crippen LogP) is 4.55. The number of aryl methyl sites for hydroxylation is 2. The van der Waals surface area contributed by atoms with Crippen LogP contribution in [0.3, 0.4) is 0 Å². The van der Waals surface area contributed by atoms with Gasteiger partial charge in [-0.1, -0.05) is 12.1 Å². The van der Waals surface area contributed by atoms with Crippen molar-refractivity contribution < 1.29 is 4.79 Å². The third-order valence-corrected chi connectivity index (χ3v) is 5.11. The topological polar surface area (TPSA) is 58.1 Å². The Morgan fingerprint density at radius 1 is 1.29 bits per heavy atom. The smallest absolute Gasteiger partial charge is 0.321 e. The molecule has 24 heavy (non-hydrogen) atoms. The van der Waals surface area contributed by atoms with Crippen LogP contribution < -0.4 is 5.32 Å². The predicted molar refractivity (Wildman–Crippen MR) is 99.6 cm³/mol. The zero-order valence-corrected chi connectivity index (χ0v) is 15.4. The number of urea groups is 1. The molecule has 2 aromatic heterocycles. The van der Waals surface area contributed by atoms with Gasteiger partial charge in [-0.3, -0.25) is 0 Å². The summed E-state index contributed by atoms with van der Waals surface area (Å²) in [5.74, 6) is 0. The van der Waals surface area contributed by atoms with Crippen molar-refractivity contribution in [2.75, 3.05) is 12.4 Å².